The van der Waals surface area contributed by atoms with Crippen molar-refractivity contribution in [2.45, 2.75) is 23.8 Å². The Hall–Kier alpha value is -1.14. The normalized spacial score (nSPS) is 20.1. The highest BCUT2D eigenvalue weighted by molar-refractivity contribution is 7.90. The third-order valence-electron chi connectivity index (χ3n) is 3.13. The smallest absolute Gasteiger partial charge is 0.183 e. The molecule has 0 spiro atoms. The van der Waals surface area contributed by atoms with Gasteiger partial charge in [0.05, 0.1) is 7.11 Å². The molecule has 2 rings (SSSR count). The van der Waals surface area contributed by atoms with Crippen LogP contribution in [0, 0.1) is 5.82 Å². The maximum Gasteiger partial charge on any atom is 0.183 e. The highest BCUT2D eigenvalue weighted by atomic mass is 32.2. The molecule has 0 aliphatic carbocycles. The molecule has 0 amide bonds. The van der Waals surface area contributed by atoms with E-state index in [0.29, 0.717) is 5.56 Å². The SMILES string of the molecule is COc1c(C2CCCN2)ccc(S(C)(=O)=O)c1F. The van der Waals surface area contributed by atoms with E-state index >= 15 is 0 Å². The molecule has 0 saturated carbocycles. The van der Waals surface area contributed by atoms with Gasteiger partial charge in [0.15, 0.2) is 21.4 Å². The van der Waals surface area contributed by atoms with Gasteiger partial charge in [-0.05, 0) is 25.5 Å². The van der Waals surface area contributed by atoms with Gasteiger partial charge in [0.1, 0.15) is 4.90 Å². The van der Waals surface area contributed by atoms with Gasteiger partial charge in [-0.15, -0.1) is 0 Å². The Morgan fingerprint density at radius 1 is 1.44 bits per heavy atom. The fraction of sp³-hybridized carbons (Fsp3) is 0.500. The molecule has 0 radical (unpaired) electrons. The number of nitrogens with one attached hydrogen (secondary N) is 1. The molecule has 6 heteroatoms. The van der Waals surface area contributed by atoms with Gasteiger partial charge in [0.25, 0.3) is 0 Å². The maximum atomic E-state index is 14.2. The molecule has 1 fully saturated rings. The van der Waals surface area contributed by atoms with Crippen LogP contribution in [0.3, 0.4) is 0 Å². The lowest BCUT2D eigenvalue weighted by Crippen LogP contribution is -2.15. The van der Waals surface area contributed by atoms with Crippen molar-refractivity contribution in [1.82, 2.24) is 5.32 Å². The van der Waals surface area contributed by atoms with Gasteiger partial charge >= 0.3 is 0 Å². The molecule has 1 aliphatic rings. The first-order valence-electron chi connectivity index (χ1n) is 5.75. The van der Waals surface area contributed by atoms with Crippen LogP contribution in [0.15, 0.2) is 17.0 Å². The van der Waals surface area contributed by atoms with Crippen LogP contribution in [0.5, 0.6) is 5.75 Å². The van der Waals surface area contributed by atoms with Gasteiger partial charge in [-0.2, -0.15) is 0 Å². The molecule has 100 valence electrons. The van der Waals surface area contributed by atoms with Crippen molar-refractivity contribution in [1.29, 1.82) is 0 Å². The lowest BCUT2D eigenvalue weighted by atomic mass is 10.0. The van der Waals surface area contributed by atoms with E-state index in [1.165, 1.54) is 13.2 Å². The van der Waals surface area contributed by atoms with E-state index in [-0.39, 0.29) is 16.7 Å². The number of hydrogen-bond donors (Lipinski definition) is 1. The van der Waals surface area contributed by atoms with E-state index < -0.39 is 15.7 Å². The number of hydrogen-bond acceptors (Lipinski definition) is 4. The van der Waals surface area contributed by atoms with Crippen molar-refractivity contribution in [3.8, 4) is 5.75 Å². The maximum absolute atomic E-state index is 14.2. The van der Waals surface area contributed by atoms with Crippen LogP contribution in [0.1, 0.15) is 24.4 Å². The molecule has 1 N–H and O–H groups in total. The van der Waals surface area contributed by atoms with Crippen molar-refractivity contribution in [3.05, 3.63) is 23.5 Å². The quantitative estimate of drug-likeness (QED) is 0.910. The van der Waals surface area contributed by atoms with E-state index in [0.717, 1.165) is 25.6 Å². The van der Waals surface area contributed by atoms with Crippen molar-refractivity contribution < 1.29 is 17.5 Å². The minimum absolute atomic E-state index is 0.0253. The summed E-state index contributed by atoms with van der Waals surface area (Å²) < 4.78 is 42.1. The van der Waals surface area contributed by atoms with E-state index in [1.54, 1.807) is 6.07 Å². The Morgan fingerprint density at radius 2 is 2.17 bits per heavy atom. The second-order valence-electron chi connectivity index (χ2n) is 4.42. The summed E-state index contributed by atoms with van der Waals surface area (Å²) in [6.07, 6.45) is 2.90. The largest absolute Gasteiger partial charge is 0.493 e. The summed E-state index contributed by atoms with van der Waals surface area (Å²) in [6, 6.07) is 2.96. The number of ether oxygens (including phenoxy) is 1. The molecule has 0 aromatic heterocycles. The first-order valence-corrected chi connectivity index (χ1v) is 7.64. The van der Waals surface area contributed by atoms with Crippen LogP contribution in [-0.4, -0.2) is 28.3 Å². The van der Waals surface area contributed by atoms with E-state index in [4.69, 9.17) is 4.74 Å². The van der Waals surface area contributed by atoms with Gasteiger partial charge in [0, 0.05) is 17.9 Å². The Bertz CT molecular complexity index is 551. The van der Waals surface area contributed by atoms with Crippen molar-refractivity contribution in [3.63, 3.8) is 0 Å². The first-order chi connectivity index (χ1) is 8.45. The van der Waals surface area contributed by atoms with Crippen LogP contribution in [-0.2, 0) is 9.84 Å². The van der Waals surface area contributed by atoms with Gasteiger partial charge in [-0.1, -0.05) is 6.07 Å². The van der Waals surface area contributed by atoms with Gasteiger partial charge in [-0.3, -0.25) is 0 Å². The lowest BCUT2D eigenvalue weighted by molar-refractivity contribution is 0.370. The summed E-state index contributed by atoms with van der Waals surface area (Å²) in [5, 5.41) is 3.24. The highest BCUT2D eigenvalue weighted by Gasteiger charge is 2.26. The first kappa shape index (κ1) is 13.3. The lowest BCUT2D eigenvalue weighted by Gasteiger charge is -2.16. The Labute approximate surface area is 106 Å². The second kappa shape index (κ2) is 4.85. The van der Waals surface area contributed by atoms with Crippen molar-refractivity contribution in [2.24, 2.45) is 0 Å². The molecule has 1 aliphatic heterocycles. The summed E-state index contributed by atoms with van der Waals surface area (Å²) in [4.78, 5) is -0.318. The summed E-state index contributed by atoms with van der Waals surface area (Å²) >= 11 is 0. The zero-order valence-corrected chi connectivity index (χ0v) is 11.2. The molecule has 1 heterocycles. The molecule has 1 atom stereocenters. The molecular weight excluding hydrogens is 257 g/mol. The van der Waals surface area contributed by atoms with Gasteiger partial charge in [0.2, 0.25) is 0 Å². The molecule has 1 aromatic rings. The Morgan fingerprint density at radius 3 is 2.67 bits per heavy atom. The second-order valence-corrected chi connectivity index (χ2v) is 6.41. The number of halogens is 1. The number of methoxy groups -OCH3 is 1. The monoisotopic (exact) mass is 273 g/mol. The fourth-order valence-corrected chi connectivity index (χ4v) is 3.00. The zero-order valence-electron chi connectivity index (χ0n) is 10.4. The van der Waals surface area contributed by atoms with E-state index in [2.05, 4.69) is 5.32 Å². The van der Waals surface area contributed by atoms with Crippen LogP contribution >= 0.6 is 0 Å². The molecule has 1 unspecified atom stereocenters. The van der Waals surface area contributed by atoms with Crippen LogP contribution in [0.2, 0.25) is 0 Å². The molecule has 18 heavy (non-hydrogen) atoms. The molecule has 4 nitrogen and oxygen atoms in total. The topological polar surface area (TPSA) is 55.4 Å². The number of rotatable bonds is 3. The summed E-state index contributed by atoms with van der Waals surface area (Å²) in [5.74, 6) is -0.775. The molecule has 0 bridgehead atoms. The number of benzene rings is 1. The predicted octanol–water partition coefficient (Wildman–Crippen LogP) is 1.66. The average molecular weight is 273 g/mol. The van der Waals surface area contributed by atoms with Crippen LogP contribution in [0.4, 0.5) is 4.39 Å². The molecule has 1 aromatic carbocycles. The van der Waals surface area contributed by atoms with E-state index in [9.17, 15) is 12.8 Å². The summed E-state index contributed by atoms with van der Waals surface area (Å²) in [6.45, 7) is 0.878. The van der Waals surface area contributed by atoms with Crippen LogP contribution in [0.25, 0.3) is 0 Å². The Kier molecular flexibility index (Phi) is 3.59. The summed E-state index contributed by atoms with van der Waals surface area (Å²) in [5.41, 5.74) is 0.680. The van der Waals surface area contributed by atoms with Crippen molar-refractivity contribution in [2.75, 3.05) is 19.9 Å². The average Bonchev–Trinajstić information content (AvgIpc) is 2.79. The molecule has 1 saturated heterocycles. The Balaban J connectivity index is 2.54. The number of sulfone groups is 1. The highest BCUT2D eigenvalue weighted by Crippen LogP contribution is 2.35. The van der Waals surface area contributed by atoms with Gasteiger partial charge in [-0.25, -0.2) is 12.8 Å². The predicted molar refractivity (Wildman–Crippen MR) is 66.0 cm³/mol. The standard InChI is InChI=1S/C12H16FNO3S/c1-17-12-8(9-4-3-7-14-9)5-6-10(11(12)13)18(2,15)16/h5-6,9,14H,3-4,7H2,1-2H3. The minimum atomic E-state index is -3.58. The van der Waals surface area contributed by atoms with Crippen molar-refractivity contribution >= 4 is 9.84 Å². The van der Waals surface area contributed by atoms with Crippen LogP contribution < -0.4 is 10.1 Å². The molecular formula is C12H16FNO3S. The zero-order chi connectivity index (χ0) is 13.3. The third kappa shape index (κ3) is 2.35. The summed E-state index contributed by atoms with van der Waals surface area (Å²) in [7, 11) is -2.23. The van der Waals surface area contributed by atoms with E-state index in [1.807, 2.05) is 0 Å². The third-order valence-corrected chi connectivity index (χ3v) is 4.25. The minimum Gasteiger partial charge on any atom is -0.493 e. The fourth-order valence-electron chi connectivity index (χ4n) is 2.27. The van der Waals surface area contributed by atoms with Gasteiger partial charge < -0.3 is 10.1 Å².